The molecule has 0 aliphatic heterocycles. The number of rotatable bonds is 63. The molecular formula is C74H130O6. The first-order chi connectivity index (χ1) is 39.5. The van der Waals surface area contributed by atoms with Gasteiger partial charge < -0.3 is 14.2 Å². The molecule has 0 aromatic heterocycles. The van der Waals surface area contributed by atoms with Crippen molar-refractivity contribution in [3.63, 3.8) is 0 Å². The van der Waals surface area contributed by atoms with E-state index in [-0.39, 0.29) is 31.1 Å². The summed E-state index contributed by atoms with van der Waals surface area (Å²) in [6.45, 7) is 6.54. The van der Waals surface area contributed by atoms with Gasteiger partial charge in [0, 0.05) is 19.3 Å². The molecule has 6 nitrogen and oxygen atoms in total. The maximum atomic E-state index is 13.0. The fourth-order valence-electron chi connectivity index (χ4n) is 9.97. The van der Waals surface area contributed by atoms with Gasteiger partial charge in [-0.05, 0) is 96.3 Å². The van der Waals surface area contributed by atoms with E-state index in [0.29, 0.717) is 19.3 Å². The predicted octanol–water partition coefficient (Wildman–Crippen LogP) is 23.8. The van der Waals surface area contributed by atoms with E-state index in [1.165, 1.54) is 193 Å². The highest BCUT2D eigenvalue weighted by molar-refractivity contribution is 5.71. The Labute approximate surface area is 496 Å². The van der Waals surface area contributed by atoms with E-state index in [2.05, 4.69) is 106 Å². The van der Waals surface area contributed by atoms with Crippen molar-refractivity contribution in [2.75, 3.05) is 13.2 Å². The third-order valence-electron chi connectivity index (χ3n) is 15.1. The third kappa shape index (κ3) is 65.4. The molecule has 1 atom stereocenters. The number of carbonyl (C=O) groups excluding carboxylic acids is 3. The van der Waals surface area contributed by atoms with Crippen molar-refractivity contribution in [1.82, 2.24) is 0 Å². The molecule has 0 aliphatic carbocycles. The number of allylic oxidation sites excluding steroid dienone is 14. The van der Waals surface area contributed by atoms with Crippen LogP contribution in [0.2, 0.25) is 0 Å². The fraction of sp³-hybridized carbons (Fsp3) is 0.770. The summed E-state index contributed by atoms with van der Waals surface area (Å²) in [5, 5.41) is 0. The highest BCUT2D eigenvalue weighted by Gasteiger charge is 2.19. The van der Waals surface area contributed by atoms with E-state index >= 15 is 0 Å². The molecule has 0 saturated heterocycles. The number of ether oxygens (including phenoxy) is 3. The molecule has 0 N–H and O–H groups in total. The van der Waals surface area contributed by atoms with Gasteiger partial charge in [-0.15, -0.1) is 0 Å². The molecule has 6 heteroatoms. The van der Waals surface area contributed by atoms with Crippen molar-refractivity contribution < 1.29 is 28.6 Å². The van der Waals surface area contributed by atoms with Crippen molar-refractivity contribution in [3.05, 3.63) is 85.1 Å². The Kier molecular flexibility index (Phi) is 65.2. The van der Waals surface area contributed by atoms with Crippen LogP contribution in [0.1, 0.15) is 348 Å². The summed E-state index contributed by atoms with van der Waals surface area (Å²) in [4.78, 5) is 38.4. The normalized spacial score (nSPS) is 12.6. The van der Waals surface area contributed by atoms with Gasteiger partial charge in [0.05, 0.1) is 0 Å². The lowest BCUT2D eigenvalue weighted by molar-refractivity contribution is -0.167. The monoisotopic (exact) mass is 1110 g/mol. The van der Waals surface area contributed by atoms with Crippen molar-refractivity contribution in [1.29, 1.82) is 0 Å². The lowest BCUT2D eigenvalue weighted by Gasteiger charge is -2.18. The number of unbranched alkanes of at least 4 members (excludes halogenated alkanes) is 38. The third-order valence-corrected chi connectivity index (χ3v) is 15.1. The van der Waals surface area contributed by atoms with Gasteiger partial charge in [0.1, 0.15) is 13.2 Å². The topological polar surface area (TPSA) is 78.9 Å². The zero-order valence-corrected chi connectivity index (χ0v) is 53.1. The van der Waals surface area contributed by atoms with Crippen LogP contribution >= 0.6 is 0 Å². The molecular weight excluding hydrogens is 985 g/mol. The number of esters is 3. The molecule has 0 aromatic carbocycles. The van der Waals surface area contributed by atoms with Crippen LogP contribution in [0, 0.1) is 0 Å². The number of hydrogen-bond acceptors (Lipinski definition) is 6. The second-order valence-corrected chi connectivity index (χ2v) is 23.1. The average molecular weight is 1120 g/mol. The molecule has 0 spiro atoms. The Morgan fingerprint density at radius 2 is 0.487 bits per heavy atom. The first kappa shape index (κ1) is 76.6. The molecule has 462 valence electrons. The van der Waals surface area contributed by atoms with Gasteiger partial charge in [-0.2, -0.15) is 0 Å². The second kappa shape index (κ2) is 68.1. The lowest BCUT2D eigenvalue weighted by Crippen LogP contribution is -2.30. The van der Waals surface area contributed by atoms with Gasteiger partial charge in [-0.3, -0.25) is 14.4 Å². The van der Waals surface area contributed by atoms with Gasteiger partial charge in [0.2, 0.25) is 0 Å². The summed E-state index contributed by atoms with van der Waals surface area (Å²) < 4.78 is 17.0. The largest absolute Gasteiger partial charge is 0.462 e. The van der Waals surface area contributed by atoms with Crippen LogP contribution in [-0.4, -0.2) is 37.2 Å². The Balaban J connectivity index is 4.37. The Bertz CT molecular complexity index is 1520. The summed E-state index contributed by atoms with van der Waals surface area (Å²) in [7, 11) is 0. The lowest BCUT2D eigenvalue weighted by atomic mass is 10.0. The summed E-state index contributed by atoms with van der Waals surface area (Å²) >= 11 is 0. The van der Waals surface area contributed by atoms with Crippen molar-refractivity contribution in [3.8, 4) is 0 Å². The van der Waals surface area contributed by atoms with Crippen LogP contribution in [-0.2, 0) is 28.6 Å². The number of carbonyl (C=O) groups is 3. The quantitative estimate of drug-likeness (QED) is 0.0261. The maximum absolute atomic E-state index is 13.0. The molecule has 0 aromatic rings. The van der Waals surface area contributed by atoms with E-state index in [4.69, 9.17) is 14.2 Å². The molecule has 0 radical (unpaired) electrons. The molecule has 0 fully saturated rings. The fourth-order valence-corrected chi connectivity index (χ4v) is 9.97. The van der Waals surface area contributed by atoms with Gasteiger partial charge in [-0.1, -0.05) is 318 Å². The SMILES string of the molecule is CC/C=C\C/C=C\C/C=C\C/C=C\C/C=C\CCCCCCCCCC(=O)OCC(COC(=O)CCCCCCC/C=C\C/C=C\CCCCCC)OC(=O)CCCCCCCCCCCCCCCCCCCCCCCCC. The molecule has 0 aliphatic rings. The minimum Gasteiger partial charge on any atom is -0.462 e. The molecule has 0 heterocycles. The average Bonchev–Trinajstić information content (AvgIpc) is 3.46. The van der Waals surface area contributed by atoms with E-state index in [9.17, 15) is 14.4 Å². The second-order valence-electron chi connectivity index (χ2n) is 23.1. The molecule has 80 heavy (non-hydrogen) atoms. The molecule has 0 bridgehead atoms. The Morgan fingerprint density at radius 1 is 0.263 bits per heavy atom. The van der Waals surface area contributed by atoms with Gasteiger partial charge in [0.15, 0.2) is 6.10 Å². The van der Waals surface area contributed by atoms with Crippen LogP contribution in [0.25, 0.3) is 0 Å². The molecule has 0 saturated carbocycles. The zero-order chi connectivity index (χ0) is 57.8. The highest BCUT2D eigenvalue weighted by Crippen LogP contribution is 2.18. The summed E-state index contributed by atoms with van der Waals surface area (Å²) in [6, 6.07) is 0. The molecule has 0 amide bonds. The van der Waals surface area contributed by atoms with Crippen LogP contribution in [0.15, 0.2) is 85.1 Å². The van der Waals surface area contributed by atoms with Gasteiger partial charge >= 0.3 is 17.9 Å². The van der Waals surface area contributed by atoms with Crippen LogP contribution in [0.3, 0.4) is 0 Å². The van der Waals surface area contributed by atoms with Crippen LogP contribution in [0.5, 0.6) is 0 Å². The van der Waals surface area contributed by atoms with E-state index in [1.54, 1.807) is 0 Å². The van der Waals surface area contributed by atoms with Crippen molar-refractivity contribution in [2.24, 2.45) is 0 Å². The van der Waals surface area contributed by atoms with E-state index < -0.39 is 6.10 Å². The van der Waals surface area contributed by atoms with E-state index in [1.807, 2.05) is 0 Å². The van der Waals surface area contributed by atoms with Crippen LogP contribution in [0.4, 0.5) is 0 Å². The predicted molar refractivity (Wildman–Crippen MR) is 348 cm³/mol. The minimum absolute atomic E-state index is 0.0844. The Morgan fingerprint density at radius 3 is 0.775 bits per heavy atom. The minimum atomic E-state index is -0.788. The maximum Gasteiger partial charge on any atom is 0.306 e. The summed E-state index contributed by atoms with van der Waals surface area (Å²) in [5.41, 5.74) is 0. The number of hydrogen-bond donors (Lipinski definition) is 0. The first-order valence-corrected chi connectivity index (χ1v) is 34.6. The standard InChI is InChI=1S/C74H130O6/c1-4-7-10-13-16-19-22-25-28-31-33-35-37-39-41-43-46-49-52-55-58-61-64-67-73(76)79-70-71(69-78-72(75)66-63-60-57-54-51-48-45-30-27-24-21-18-15-12-9-6-3)80-74(77)68-65-62-59-56-53-50-47-44-42-40-38-36-34-32-29-26-23-20-17-14-11-8-5-2/h7,10,16,19,21,24-25,28,30,33,35,39,41,45,71H,4-6,8-9,11-15,17-18,20,22-23,26-27,29,31-32,34,36-38,40,42-44,46-70H2,1-3H3/b10-7-,19-16-,24-21-,28-25-,35-33-,41-39-,45-30-. The smallest absolute Gasteiger partial charge is 0.306 e. The molecule has 1 unspecified atom stereocenters. The molecule has 0 rings (SSSR count). The Hall–Kier alpha value is -3.41. The first-order valence-electron chi connectivity index (χ1n) is 34.6. The van der Waals surface area contributed by atoms with Crippen molar-refractivity contribution in [2.45, 2.75) is 354 Å². The van der Waals surface area contributed by atoms with Crippen LogP contribution < -0.4 is 0 Å². The summed E-state index contributed by atoms with van der Waals surface area (Å²) in [5.74, 6) is -0.889. The van der Waals surface area contributed by atoms with Gasteiger partial charge in [-0.25, -0.2) is 0 Å². The van der Waals surface area contributed by atoms with Crippen molar-refractivity contribution >= 4 is 17.9 Å². The van der Waals surface area contributed by atoms with Gasteiger partial charge in [0.25, 0.3) is 0 Å². The zero-order valence-electron chi connectivity index (χ0n) is 53.1. The van der Waals surface area contributed by atoms with E-state index in [0.717, 1.165) is 116 Å². The summed E-state index contributed by atoms with van der Waals surface area (Å²) in [6.07, 6.45) is 90.3. The highest BCUT2D eigenvalue weighted by atomic mass is 16.6.